The van der Waals surface area contributed by atoms with Crippen molar-refractivity contribution >= 4 is 48.5 Å². The number of fused-ring (bicyclic) bond motifs is 7. The van der Waals surface area contributed by atoms with E-state index in [1.807, 2.05) is 51.1 Å². The van der Waals surface area contributed by atoms with Crippen molar-refractivity contribution in [2.24, 2.45) is 20.9 Å². The highest BCUT2D eigenvalue weighted by molar-refractivity contribution is 5.91. The zero-order chi connectivity index (χ0) is 51.4. The van der Waals surface area contributed by atoms with Gasteiger partial charge in [-0.2, -0.15) is 0 Å². The summed E-state index contributed by atoms with van der Waals surface area (Å²) in [6, 6.07) is 52.0. The molecule has 6 aromatic carbocycles. The van der Waals surface area contributed by atoms with Crippen LogP contribution < -0.4 is 9.80 Å². The quantitative estimate of drug-likeness (QED) is 0.101. The largest absolute Gasteiger partial charge is 0.347 e. The van der Waals surface area contributed by atoms with Gasteiger partial charge < -0.3 is 9.80 Å². The molecule has 0 saturated carbocycles. The van der Waals surface area contributed by atoms with E-state index in [1.54, 1.807) is 0 Å². The molecule has 5 nitrogen and oxygen atoms in total. The highest BCUT2D eigenvalue weighted by atomic mass is 15.2. The summed E-state index contributed by atoms with van der Waals surface area (Å²) in [5.41, 5.74) is 20.8. The molecule has 0 saturated heterocycles. The van der Waals surface area contributed by atoms with Gasteiger partial charge in [-0.1, -0.05) is 202 Å². The Hall–Kier alpha value is -8.15. The second-order valence-corrected chi connectivity index (χ2v) is 18.0. The van der Waals surface area contributed by atoms with Gasteiger partial charge in [0, 0.05) is 47.9 Å². The summed E-state index contributed by atoms with van der Waals surface area (Å²) >= 11 is 0. The number of rotatable bonds is 10. The summed E-state index contributed by atoms with van der Waals surface area (Å²) in [6.07, 6.45) is 29.7. The van der Waals surface area contributed by atoms with Crippen molar-refractivity contribution in [1.82, 2.24) is 0 Å². The van der Waals surface area contributed by atoms with Crippen LogP contribution in [0, 0.1) is 5.92 Å². The fourth-order valence-electron chi connectivity index (χ4n) is 9.99. The molecule has 0 bridgehead atoms. The number of aliphatic imine (C=N–C) groups is 3. The van der Waals surface area contributed by atoms with Gasteiger partial charge in [0.15, 0.2) is 0 Å². The summed E-state index contributed by atoms with van der Waals surface area (Å²) in [5, 5.41) is 0. The molecule has 368 valence electrons. The van der Waals surface area contributed by atoms with Gasteiger partial charge in [0.2, 0.25) is 0 Å². The molecule has 2 atom stereocenters. The van der Waals surface area contributed by atoms with E-state index >= 15 is 0 Å². The smallest absolute Gasteiger partial charge is 0.0632 e. The van der Waals surface area contributed by atoms with Gasteiger partial charge in [-0.15, -0.1) is 0 Å². The number of hydrogen-bond acceptors (Lipinski definition) is 5. The Balaban J connectivity index is 0.000000182. The molecule has 0 N–H and O–H groups in total. The Labute approximate surface area is 436 Å². The Bertz CT molecular complexity index is 3070. The predicted octanol–water partition coefficient (Wildman–Crippen LogP) is 17.6. The van der Waals surface area contributed by atoms with Crippen LogP contribution in [0.15, 0.2) is 250 Å². The molecule has 0 radical (unpaired) electrons. The molecule has 2 unspecified atom stereocenters. The van der Waals surface area contributed by atoms with Gasteiger partial charge in [0.1, 0.15) is 0 Å². The number of para-hydroxylation sites is 3. The van der Waals surface area contributed by atoms with Gasteiger partial charge in [-0.3, -0.25) is 15.0 Å². The molecule has 3 aliphatic carbocycles. The van der Waals surface area contributed by atoms with Gasteiger partial charge in [-0.25, -0.2) is 0 Å². The molecular weight excluding hydrogens is 887 g/mol. The number of anilines is 4. The Morgan fingerprint density at radius 3 is 2.03 bits per heavy atom. The maximum absolute atomic E-state index is 3.86. The SMILES string of the molecule is C=NCC1=CCCC=C1.C=NCc1ccc(C(/C=C\C)=C/C)cc1.C=NCc1ccccc1.CC.CN1C2=CC=C3C=CC=CC3C2c2cccc(-c3ccc4c(c3)N(c3ccccc3)c3ccccc3C4)c21. The van der Waals surface area contributed by atoms with Crippen LogP contribution in [0.4, 0.5) is 22.7 Å². The highest BCUT2D eigenvalue weighted by Gasteiger charge is 2.40. The molecule has 0 spiro atoms. The first-order valence-corrected chi connectivity index (χ1v) is 25.7. The maximum Gasteiger partial charge on any atom is 0.0632 e. The van der Waals surface area contributed by atoms with E-state index in [1.165, 1.54) is 103 Å². The van der Waals surface area contributed by atoms with Crippen molar-refractivity contribution in [3.05, 3.63) is 269 Å². The minimum Gasteiger partial charge on any atom is -0.347 e. The normalized spacial score (nSPS) is 16.2. The van der Waals surface area contributed by atoms with Crippen LogP contribution in [0.5, 0.6) is 0 Å². The summed E-state index contributed by atoms with van der Waals surface area (Å²) in [7, 11) is 2.24. The molecule has 73 heavy (non-hydrogen) atoms. The van der Waals surface area contributed by atoms with Crippen LogP contribution in [0.1, 0.15) is 79.8 Å². The third kappa shape index (κ3) is 12.9. The first-order chi connectivity index (χ1) is 36.0. The van der Waals surface area contributed by atoms with Gasteiger partial charge in [0.25, 0.3) is 0 Å². The summed E-state index contributed by atoms with van der Waals surface area (Å²) in [5.74, 6) is 0.758. The van der Waals surface area contributed by atoms with Crippen molar-refractivity contribution in [1.29, 1.82) is 0 Å². The number of benzene rings is 6. The molecule has 0 fully saturated rings. The lowest BCUT2D eigenvalue weighted by Gasteiger charge is -2.34. The van der Waals surface area contributed by atoms with Crippen LogP contribution in [-0.4, -0.2) is 33.7 Å². The van der Waals surface area contributed by atoms with E-state index in [9.17, 15) is 0 Å². The predicted molar refractivity (Wildman–Crippen MR) is 319 cm³/mol. The monoisotopic (exact) mass is 958 g/mol. The lowest BCUT2D eigenvalue weighted by atomic mass is 9.75. The van der Waals surface area contributed by atoms with Crippen LogP contribution in [0.3, 0.4) is 0 Å². The third-order valence-electron chi connectivity index (χ3n) is 13.4. The van der Waals surface area contributed by atoms with Crippen molar-refractivity contribution in [3.8, 4) is 11.1 Å². The molecular formula is C68H71N5. The molecule has 0 aromatic heterocycles. The Morgan fingerprint density at radius 1 is 0.658 bits per heavy atom. The first kappa shape index (κ1) is 52.7. The highest BCUT2D eigenvalue weighted by Crippen LogP contribution is 2.55. The fraction of sp³-hybridized carbons (Fsp3) is 0.191. The van der Waals surface area contributed by atoms with Crippen molar-refractivity contribution < 1.29 is 0 Å². The van der Waals surface area contributed by atoms with Crippen molar-refractivity contribution in [3.63, 3.8) is 0 Å². The maximum atomic E-state index is 3.86. The van der Waals surface area contributed by atoms with Crippen LogP contribution >= 0.6 is 0 Å². The van der Waals surface area contributed by atoms with E-state index in [-0.39, 0.29) is 0 Å². The summed E-state index contributed by atoms with van der Waals surface area (Å²) in [6.45, 7) is 20.6. The molecule has 0 amide bonds. The zero-order valence-corrected chi connectivity index (χ0v) is 43.5. The van der Waals surface area contributed by atoms with E-state index < -0.39 is 0 Å². The van der Waals surface area contributed by atoms with Gasteiger partial charge in [0.05, 0.1) is 31.0 Å². The van der Waals surface area contributed by atoms with E-state index in [0.717, 1.165) is 19.5 Å². The molecule has 6 aromatic rings. The lowest BCUT2D eigenvalue weighted by molar-refractivity contribution is 0.648. The second-order valence-electron chi connectivity index (χ2n) is 18.0. The molecule has 5 aliphatic rings. The number of allylic oxidation sites excluding steroid dienone is 14. The second kappa shape index (κ2) is 26.9. The van der Waals surface area contributed by atoms with E-state index in [0.29, 0.717) is 18.4 Å². The first-order valence-electron chi connectivity index (χ1n) is 25.7. The zero-order valence-electron chi connectivity index (χ0n) is 43.5. The van der Waals surface area contributed by atoms with Crippen LogP contribution in [-0.2, 0) is 19.5 Å². The van der Waals surface area contributed by atoms with Crippen LogP contribution in [0.2, 0.25) is 0 Å². The van der Waals surface area contributed by atoms with Gasteiger partial charge in [-0.05, 0) is 133 Å². The third-order valence-corrected chi connectivity index (χ3v) is 13.4. The molecule has 11 rings (SSSR count). The molecule has 2 aliphatic heterocycles. The lowest BCUT2D eigenvalue weighted by Crippen LogP contribution is -2.21. The van der Waals surface area contributed by atoms with E-state index in [4.69, 9.17) is 0 Å². The minimum absolute atomic E-state index is 0.362. The molecule has 5 heteroatoms. The Kier molecular flexibility index (Phi) is 19.4. The number of nitrogens with zero attached hydrogens (tertiary/aromatic N) is 5. The van der Waals surface area contributed by atoms with Crippen LogP contribution in [0.25, 0.3) is 16.7 Å². The number of hydrogen-bond donors (Lipinski definition) is 0. The topological polar surface area (TPSA) is 43.6 Å². The Morgan fingerprint density at radius 2 is 1.34 bits per heavy atom. The van der Waals surface area contributed by atoms with Gasteiger partial charge >= 0.3 is 0 Å². The number of likely N-dealkylation sites (N-methyl/N-ethyl adjacent to an activating group) is 1. The minimum atomic E-state index is 0.362. The van der Waals surface area contributed by atoms with E-state index in [2.05, 4.69) is 247 Å². The summed E-state index contributed by atoms with van der Waals surface area (Å²) in [4.78, 5) is 16.3. The van der Waals surface area contributed by atoms with Crippen molar-refractivity contribution in [2.75, 3.05) is 23.4 Å². The standard InChI is InChI=1S/C36H28N2.C14H17N.C8H11N.C8H9N.C2H6/c1-37-33-21-20-24-10-5-7-14-29(24)35(33)31-16-9-15-30(36(31)37)25-18-19-27-22-26-11-6-8-17-32(26)38(34(27)23-25)28-12-3-2-4-13-28;1-4-6-13(5-2)14-9-7-12(8-10-14)11-15-3;2*1-9-7-8-5-3-2-4-6-8;1-2/h2-21,23,29,35H,22H2,1H3;4-10H,3,11H2,1-2H3;3,5-6H,1-2,4,7H2;2-6H,1,7H2;1-2H3/b;6-4-,13-5+;;;. The average molecular weight is 958 g/mol. The summed E-state index contributed by atoms with van der Waals surface area (Å²) < 4.78 is 0. The fourth-order valence-corrected chi connectivity index (χ4v) is 9.99. The van der Waals surface area contributed by atoms with Crippen molar-refractivity contribution in [2.45, 2.75) is 66.0 Å². The average Bonchev–Trinajstić information content (AvgIpc) is 3.75. The molecule has 2 heterocycles.